The van der Waals surface area contributed by atoms with Crippen molar-refractivity contribution in [3.63, 3.8) is 0 Å². The topological polar surface area (TPSA) is 81.2 Å². The van der Waals surface area contributed by atoms with Crippen LogP contribution < -0.4 is 11.1 Å². The number of carbonyl (C=O) groups is 1. The van der Waals surface area contributed by atoms with Gasteiger partial charge in [-0.05, 0) is 42.5 Å². The molecule has 3 N–H and O–H groups in total. The predicted octanol–water partition coefficient (Wildman–Crippen LogP) is 5.41. The number of aromatic nitrogens is 1. The minimum atomic E-state index is -4.45. The molecule has 0 atom stereocenters. The van der Waals surface area contributed by atoms with E-state index < -0.39 is 17.6 Å². The quantitative estimate of drug-likeness (QED) is 0.448. The number of alkyl halides is 3. The monoisotopic (exact) mass is 403 g/mol. The van der Waals surface area contributed by atoms with Crippen molar-refractivity contribution in [3.8, 4) is 11.3 Å². The third-order valence-corrected chi connectivity index (χ3v) is 4.89. The fourth-order valence-corrected chi connectivity index (χ4v) is 3.46. The van der Waals surface area contributed by atoms with E-state index in [-0.39, 0.29) is 16.4 Å². The van der Waals surface area contributed by atoms with Gasteiger partial charge in [0.1, 0.15) is 5.76 Å². The fourth-order valence-electron chi connectivity index (χ4n) is 2.62. The Labute approximate surface area is 160 Å². The Morgan fingerprint density at radius 2 is 1.93 bits per heavy atom. The smallest absolute Gasteiger partial charge is 0.416 e. The summed E-state index contributed by atoms with van der Waals surface area (Å²) in [5.74, 6) is -0.0329. The van der Waals surface area contributed by atoms with Crippen molar-refractivity contribution in [1.29, 1.82) is 0 Å². The fraction of sp³-hybridized carbons (Fsp3) is 0.0526. The van der Waals surface area contributed by atoms with E-state index in [1.807, 2.05) is 0 Å². The summed E-state index contributed by atoms with van der Waals surface area (Å²) in [6, 6.07) is 13.4. The number of hydrogen-bond donors (Lipinski definition) is 2. The summed E-state index contributed by atoms with van der Waals surface area (Å²) >= 11 is 1.08. The average Bonchev–Trinajstić information content (AvgIpc) is 3.27. The number of nitrogen functional groups attached to an aromatic ring is 1. The Morgan fingerprint density at radius 1 is 1.11 bits per heavy atom. The van der Waals surface area contributed by atoms with E-state index in [1.54, 1.807) is 30.3 Å². The SMILES string of the molecule is Nc1cccc(-c2ccc(C(=O)Nc3nc4cc(C(F)(F)F)ccc4s3)o2)c1. The lowest BCUT2D eigenvalue weighted by Gasteiger charge is -2.04. The first kappa shape index (κ1) is 18.1. The normalized spacial score (nSPS) is 11.7. The molecule has 4 aromatic rings. The van der Waals surface area contributed by atoms with Gasteiger partial charge in [-0.1, -0.05) is 23.5 Å². The van der Waals surface area contributed by atoms with Gasteiger partial charge >= 0.3 is 6.18 Å². The van der Waals surface area contributed by atoms with E-state index in [4.69, 9.17) is 10.2 Å². The summed E-state index contributed by atoms with van der Waals surface area (Å²) in [7, 11) is 0. The van der Waals surface area contributed by atoms with Gasteiger partial charge in [0.2, 0.25) is 0 Å². The first-order valence-corrected chi connectivity index (χ1v) is 8.86. The van der Waals surface area contributed by atoms with Gasteiger partial charge in [0.05, 0.1) is 15.8 Å². The van der Waals surface area contributed by atoms with E-state index in [0.29, 0.717) is 16.1 Å². The van der Waals surface area contributed by atoms with Crippen LogP contribution in [0.1, 0.15) is 16.1 Å². The molecule has 0 radical (unpaired) electrons. The molecule has 0 unspecified atom stereocenters. The van der Waals surface area contributed by atoms with Crippen LogP contribution in [-0.4, -0.2) is 10.9 Å². The van der Waals surface area contributed by atoms with E-state index in [2.05, 4.69) is 10.3 Å². The van der Waals surface area contributed by atoms with Crippen LogP contribution in [0.25, 0.3) is 21.5 Å². The lowest BCUT2D eigenvalue weighted by atomic mass is 10.1. The van der Waals surface area contributed by atoms with E-state index in [0.717, 1.165) is 29.0 Å². The maximum absolute atomic E-state index is 12.8. The number of rotatable bonds is 3. The van der Waals surface area contributed by atoms with Gasteiger partial charge < -0.3 is 10.2 Å². The number of anilines is 2. The highest BCUT2D eigenvalue weighted by Crippen LogP contribution is 2.34. The molecule has 0 bridgehead atoms. The third-order valence-electron chi connectivity index (χ3n) is 3.94. The predicted molar refractivity (Wildman–Crippen MR) is 101 cm³/mol. The molecule has 0 spiro atoms. The van der Waals surface area contributed by atoms with Gasteiger partial charge in [-0.2, -0.15) is 13.2 Å². The number of halogens is 3. The minimum Gasteiger partial charge on any atom is -0.451 e. The van der Waals surface area contributed by atoms with E-state index >= 15 is 0 Å². The molecule has 0 fully saturated rings. The maximum Gasteiger partial charge on any atom is 0.416 e. The van der Waals surface area contributed by atoms with Gasteiger partial charge in [0.25, 0.3) is 5.91 Å². The molecule has 0 aliphatic rings. The van der Waals surface area contributed by atoms with Gasteiger partial charge in [-0.3, -0.25) is 10.1 Å². The number of amides is 1. The van der Waals surface area contributed by atoms with Crippen molar-refractivity contribution in [1.82, 2.24) is 4.98 Å². The Balaban J connectivity index is 1.55. The molecular formula is C19H12F3N3O2S. The number of furan rings is 1. The lowest BCUT2D eigenvalue weighted by Crippen LogP contribution is -2.10. The van der Waals surface area contributed by atoms with Crippen molar-refractivity contribution in [2.75, 3.05) is 11.1 Å². The number of nitrogens with two attached hydrogens (primary N) is 1. The lowest BCUT2D eigenvalue weighted by molar-refractivity contribution is -0.137. The van der Waals surface area contributed by atoms with Crippen LogP contribution in [0.4, 0.5) is 24.0 Å². The molecule has 28 heavy (non-hydrogen) atoms. The van der Waals surface area contributed by atoms with Crippen LogP contribution in [-0.2, 0) is 6.18 Å². The molecular weight excluding hydrogens is 391 g/mol. The molecule has 142 valence electrons. The van der Waals surface area contributed by atoms with Gasteiger partial charge in [0, 0.05) is 11.3 Å². The van der Waals surface area contributed by atoms with Crippen LogP contribution >= 0.6 is 11.3 Å². The van der Waals surface area contributed by atoms with Crippen molar-refractivity contribution in [3.05, 3.63) is 65.9 Å². The second kappa shape index (κ2) is 6.68. The van der Waals surface area contributed by atoms with Crippen LogP contribution in [0, 0.1) is 0 Å². The van der Waals surface area contributed by atoms with Crippen LogP contribution in [0.5, 0.6) is 0 Å². The molecule has 5 nitrogen and oxygen atoms in total. The van der Waals surface area contributed by atoms with Gasteiger partial charge in [-0.15, -0.1) is 0 Å². The van der Waals surface area contributed by atoms with Gasteiger partial charge in [0.15, 0.2) is 10.9 Å². The zero-order valence-electron chi connectivity index (χ0n) is 14.1. The summed E-state index contributed by atoms with van der Waals surface area (Å²) in [5, 5.41) is 2.73. The first-order chi connectivity index (χ1) is 13.3. The summed E-state index contributed by atoms with van der Waals surface area (Å²) in [6.45, 7) is 0. The number of hydrogen-bond acceptors (Lipinski definition) is 5. The van der Waals surface area contributed by atoms with Crippen molar-refractivity contribution < 1.29 is 22.4 Å². The molecule has 4 rings (SSSR count). The van der Waals surface area contributed by atoms with E-state index in [1.165, 1.54) is 12.1 Å². The average molecular weight is 403 g/mol. The minimum absolute atomic E-state index is 0.0488. The standard InChI is InChI=1S/C19H12F3N3O2S/c20-19(21,22)11-4-7-16-13(9-11)24-18(28-16)25-17(26)15-6-5-14(27-15)10-2-1-3-12(23)8-10/h1-9H,23H2,(H,24,25,26). The molecule has 2 aromatic carbocycles. The zero-order valence-corrected chi connectivity index (χ0v) is 14.9. The van der Waals surface area contributed by atoms with Crippen molar-refractivity contribution in [2.45, 2.75) is 6.18 Å². The first-order valence-electron chi connectivity index (χ1n) is 8.04. The molecule has 0 saturated carbocycles. The number of carbonyl (C=O) groups excluding carboxylic acids is 1. The molecule has 0 saturated heterocycles. The Hall–Kier alpha value is -3.33. The van der Waals surface area contributed by atoms with Crippen molar-refractivity contribution >= 4 is 38.3 Å². The number of nitrogens with one attached hydrogen (secondary N) is 1. The molecule has 0 aliphatic heterocycles. The number of benzene rings is 2. The maximum atomic E-state index is 12.8. The van der Waals surface area contributed by atoms with Gasteiger partial charge in [-0.25, -0.2) is 4.98 Å². The Bertz CT molecular complexity index is 1180. The second-order valence-electron chi connectivity index (χ2n) is 5.94. The number of nitrogens with zero attached hydrogens (tertiary/aromatic N) is 1. The molecule has 9 heteroatoms. The zero-order chi connectivity index (χ0) is 19.9. The number of thiazole rings is 1. The molecule has 0 aliphatic carbocycles. The van der Waals surface area contributed by atoms with Crippen LogP contribution in [0.15, 0.2) is 59.0 Å². The molecule has 2 heterocycles. The molecule has 1 amide bonds. The summed E-state index contributed by atoms with van der Waals surface area (Å²) in [4.78, 5) is 16.4. The Morgan fingerprint density at radius 3 is 2.68 bits per heavy atom. The van der Waals surface area contributed by atoms with E-state index in [9.17, 15) is 18.0 Å². The number of fused-ring (bicyclic) bond motifs is 1. The highest BCUT2D eigenvalue weighted by atomic mass is 32.1. The highest BCUT2D eigenvalue weighted by Gasteiger charge is 2.30. The third kappa shape index (κ3) is 3.56. The highest BCUT2D eigenvalue weighted by molar-refractivity contribution is 7.22. The van der Waals surface area contributed by atoms with Crippen LogP contribution in [0.2, 0.25) is 0 Å². The Kier molecular flexibility index (Phi) is 4.31. The molecule has 2 aromatic heterocycles. The summed E-state index contributed by atoms with van der Waals surface area (Å²) in [5.41, 5.74) is 6.40. The summed E-state index contributed by atoms with van der Waals surface area (Å²) < 4.78 is 44.5. The second-order valence-corrected chi connectivity index (χ2v) is 6.97. The van der Waals surface area contributed by atoms with Crippen LogP contribution in [0.3, 0.4) is 0 Å². The van der Waals surface area contributed by atoms with Crippen molar-refractivity contribution in [2.24, 2.45) is 0 Å². The largest absolute Gasteiger partial charge is 0.451 e. The summed E-state index contributed by atoms with van der Waals surface area (Å²) in [6.07, 6.45) is -4.45.